The van der Waals surface area contributed by atoms with Crippen molar-refractivity contribution in [2.45, 2.75) is 0 Å². The van der Waals surface area contributed by atoms with Gasteiger partial charge in [-0.3, -0.25) is 4.98 Å². The van der Waals surface area contributed by atoms with Gasteiger partial charge in [-0.1, -0.05) is 52.3 Å². The molecule has 3 heterocycles. The zero-order valence-corrected chi connectivity index (χ0v) is 16.7. The predicted octanol–water partition coefficient (Wildman–Crippen LogP) is 6.54. The molecule has 0 bridgehead atoms. The number of hydrogen-bond donors (Lipinski definition) is 0. The van der Waals surface area contributed by atoms with Gasteiger partial charge in [0.05, 0.1) is 0 Å². The number of pyridine rings is 1. The second kappa shape index (κ2) is 7.18. The van der Waals surface area contributed by atoms with Crippen molar-refractivity contribution in [3.05, 3.63) is 100 Å². The van der Waals surface area contributed by atoms with Crippen LogP contribution in [-0.2, 0) is 0 Å². The minimum atomic E-state index is -0.439. The van der Waals surface area contributed by atoms with E-state index in [1.54, 1.807) is 24.5 Å². The summed E-state index contributed by atoms with van der Waals surface area (Å²) in [5, 5.41) is 0.814. The molecule has 4 nitrogen and oxygen atoms in total. The number of benzene rings is 2. The van der Waals surface area contributed by atoms with Gasteiger partial charge < -0.3 is 8.83 Å². The van der Waals surface area contributed by atoms with Crippen LogP contribution in [0.25, 0.3) is 44.7 Å². The Morgan fingerprint density at radius 3 is 2.41 bits per heavy atom. The molecule has 0 N–H and O–H groups in total. The molecule has 0 aliphatic heterocycles. The highest BCUT2D eigenvalue weighted by molar-refractivity contribution is 9.10. The first-order valence-electron chi connectivity index (χ1n) is 9.02. The summed E-state index contributed by atoms with van der Waals surface area (Å²) in [6.45, 7) is 0. The van der Waals surface area contributed by atoms with Gasteiger partial charge in [0.1, 0.15) is 22.7 Å². The summed E-state index contributed by atoms with van der Waals surface area (Å²) in [7, 11) is 0. The Labute approximate surface area is 174 Å². The molecule has 0 spiro atoms. The van der Waals surface area contributed by atoms with E-state index < -0.39 is 5.63 Å². The van der Waals surface area contributed by atoms with Gasteiger partial charge in [0.2, 0.25) is 0 Å². The van der Waals surface area contributed by atoms with Gasteiger partial charge in [-0.05, 0) is 36.4 Å². The SMILES string of the molecule is O=c1oc2ccc(Br)cc2cc1-c1cc(-c2cccnc2)c(-c2ccccc2)o1. The monoisotopic (exact) mass is 443 g/mol. The Hall–Kier alpha value is -3.44. The van der Waals surface area contributed by atoms with E-state index in [0.29, 0.717) is 22.7 Å². The zero-order valence-electron chi connectivity index (χ0n) is 15.1. The summed E-state index contributed by atoms with van der Waals surface area (Å²) in [6, 6.07) is 22.8. The third kappa shape index (κ3) is 3.30. The summed E-state index contributed by atoms with van der Waals surface area (Å²) >= 11 is 3.46. The normalized spacial score (nSPS) is 11.1. The molecule has 0 atom stereocenters. The van der Waals surface area contributed by atoms with E-state index in [0.717, 1.165) is 26.5 Å². The lowest BCUT2D eigenvalue weighted by atomic mass is 10.0. The van der Waals surface area contributed by atoms with Gasteiger partial charge in [-0.25, -0.2) is 4.79 Å². The van der Waals surface area contributed by atoms with Crippen LogP contribution in [0.15, 0.2) is 103 Å². The molecule has 3 aromatic heterocycles. The maximum atomic E-state index is 12.7. The lowest BCUT2D eigenvalue weighted by Crippen LogP contribution is -2.01. The molecule has 29 heavy (non-hydrogen) atoms. The van der Waals surface area contributed by atoms with Crippen LogP contribution in [0.3, 0.4) is 0 Å². The van der Waals surface area contributed by atoms with E-state index in [4.69, 9.17) is 8.83 Å². The molecular formula is C24H14BrNO3. The van der Waals surface area contributed by atoms with Gasteiger partial charge in [-0.15, -0.1) is 0 Å². The van der Waals surface area contributed by atoms with Crippen LogP contribution in [0.1, 0.15) is 0 Å². The molecule has 140 valence electrons. The minimum Gasteiger partial charge on any atom is -0.455 e. The van der Waals surface area contributed by atoms with Gasteiger partial charge in [0.25, 0.3) is 0 Å². The summed E-state index contributed by atoms with van der Waals surface area (Å²) in [5.41, 5.74) is 3.17. The highest BCUT2D eigenvalue weighted by Crippen LogP contribution is 2.38. The molecule has 5 heteroatoms. The smallest absolute Gasteiger partial charge is 0.347 e. The van der Waals surface area contributed by atoms with Crippen LogP contribution >= 0.6 is 15.9 Å². The predicted molar refractivity (Wildman–Crippen MR) is 117 cm³/mol. The zero-order chi connectivity index (χ0) is 19.8. The first kappa shape index (κ1) is 17.6. The van der Waals surface area contributed by atoms with Crippen molar-refractivity contribution in [3.8, 4) is 33.8 Å². The van der Waals surface area contributed by atoms with Crippen molar-refractivity contribution in [3.63, 3.8) is 0 Å². The van der Waals surface area contributed by atoms with E-state index in [1.165, 1.54) is 0 Å². The molecule has 0 aliphatic carbocycles. The molecule has 0 aliphatic rings. The quantitative estimate of drug-likeness (QED) is 0.297. The Morgan fingerprint density at radius 1 is 0.793 bits per heavy atom. The molecule has 0 fully saturated rings. The van der Waals surface area contributed by atoms with E-state index in [2.05, 4.69) is 20.9 Å². The van der Waals surface area contributed by atoms with Crippen molar-refractivity contribution in [1.82, 2.24) is 4.98 Å². The highest BCUT2D eigenvalue weighted by Gasteiger charge is 2.19. The molecule has 0 unspecified atom stereocenters. The largest absolute Gasteiger partial charge is 0.455 e. The van der Waals surface area contributed by atoms with Crippen molar-refractivity contribution < 1.29 is 8.83 Å². The molecule has 2 aromatic carbocycles. The molecule has 0 saturated carbocycles. The lowest BCUT2D eigenvalue weighted by Gasteiger charge is -2.02. The van der Waals surface area contributed by atoms with E-state index >= 15 is 0 Å². The van der Waals surface area contributed by atoms with E-state index in [9.17, 15) is 4.79 Å². The Bertz CT molecular complexity index is 1320. The fraction of sp³-hybridized carbons (Fsp3) is 0. The highest BCUT2D eigenvalue weighted by atomic mass is 79.9. The Morgan fingerprint density at radius 2 is 1.62 bits per heavy atom. The van der Waals surface area contributed by atoms with Gasteiger partial charge in [-0.2, -0.15) is 0 Å². The average Bonchev–Trinajstić information content (AvgIpc) is 3.20. The number of halogens is 1. The van der Waals surface area contributed by atoms with Crippen molar-refractivity contribution in [2.75, 3.05) is 0 Å². The third-order valence-electron chi connectivity index (χ3n) is 4.70. The Balaban J connectivity index is 1.75. The molecule has 0 radical (unpaired) electrons. The van der Waals surface area contributed by atoms with Crippen LogP contribution in [0, 0.1) is 0 Å². The Kier molecular flexibility index (Phi) is 4.37. The number of aromatic nitrogens is 1. The van der Waals surface area contributed by atoms with Crippen LogP contribution < -0.4 is 5.63 Å². The van der Waals surface area contributed by atoms with Gasteiger partial charge in [0, 0.05) is 38.9 Å². The van der Waals surface area contributed by atoms with Crippen LogP contribution in [0.5, 0.6) is 0 Å². The molecule has 5 aromatic rings. The summed E-state index contributed by atoms with van der Waals surface area (Å²) in [4.78, 5) is 16.9. The van der Waals surface area contributed by atoms with Crippen molar-refractivity contribution in [2.24, 2.45) is 0 Å². The van der Waals surface area contributed by atoms with E-state index in [1.807, 2.05) is 60.7 Å². The maximum Gasteiger partial charge on any atom is 0.347 e. The number of fused-ring (bicyclic) bond motifs is 1. The summed E-state index contributed by atoms with van der Waals surface area (Å²) in [5.74, 6) is 1.14. The summed E-state index contributed by atoms with van der Waals surface area (Å²) in [6.07, 6.45) is 3.50. The number of hydrogen-bond acceptors (Lipinski definition) is 4. The average molecular weight is 444 g/mol. The first-order valence-corrected chi connectivity index (χ1v) is 9.82. The number of nitrogens with zero attached hydrogens (tertiary/aromatic N) is 1. The summed E-state index contributed by atoms with van der Waals surface area (Å²) < 4.78 is 12.6. The second-order valence-corrected chi connectivity index (χ2v) is 7.51. The molecule has 5 rings (SSSR count). The number of furan rings is 1. The molecule has 0 saturated heterocycles. The lowest BCUT2D eigenvalue weighted by molar-refractivity contribution is 0.551. The fourth-order valence-electron chi connectivity index (χ4n) is 3.33. The van der Waals surface area contributed by atoms with Crippen LogP contribution in [0.2, 0.25) is 0 Å². The van der Waals surface area contributed by atoms with Gasteiger partial charge in [0.15, 0.2) is 0 Å². The topological polar surface area (TPSA) is 56.2 Å². The van der Waals surface area contributed by atoms with E-state index in [-0.39, 0.29) is 0 Å². The van der Waals surface area contributed by atoms with Gasteiger partial charge >= 0.3 is 5.63 Å². The minimum absolute atomic E-state index is 0.378. The fourth-order valence-corrected chi connectivity index (χ4v) is 3.71. The van der Waals surface area contributed by atoms with Crippen molar-refractivity contribution >= 4 is 26.9 Å². The standard InChI is InChI=1S/C24H14BrNO3/c25-18-8-9-21-17(11-18)12-20(24(27)29-21)22-13-19(16-7-4-10-26-14-16)23(28-22)15-5-2-1-3-6-15/h1-14H. The molecule has 0 amide bonds. The molecular weight excluding hydrogens is 430 g/mol. The third-order valence-corrected chi connectivity index (χ3v) is 5.19. The second-order valence-electron chi connectivity index (χ2n) is 6.59. The van der Waals surface area contributed by atoms with Crippen LogP contribution in [0.4, 0.5) is 0 Å². The number of rotatable bonds is 3. The maximum absolute atomic E-state index is 12.7. The van der Waals surface area contributed by atoms with Crippen molar-refractivity contribution in [1.29, 1.82) is 0 Å². The first-order chi connectivity index (χ1) is 14.2. The van der Waals surface area contributed by atoms with Crippen LogP contribution in [-0.4, -0.2) is 4.98 Å².